The second-order valence-electron chi connectivity index (χ2n) is 2.71. The number of aliphatic hydroxyl groups is 1. The summed E-state index contributed by atoms with van der Waals surface area (Å²) in [5.74, 6) is 0. The molecule has 12 heavy (non-hydrogen) atoms. The molecule has 0 aliphatic heterocycles. The Kier molecular flexibility index (Phi) is 3.50. The van der Waals surface area contributed by atoms with Crippen LogP contribution in [0.4, 0.5) is 0 Å². The lowest BCUT2D eigenvalue weighted by atomic mass is 10.1. The molecule has 0 bridgehead atoms. The van der Waals surface area contributed by atoms with E-state index in [2.05, 4.69) is 22.5 Å². The van der Waals surface area contributed by atoms with Crippen molar-refractivity contribution in [2.24, 2.45) is 0 Å². The summed E-state index contributed by atoms with van der Waals surface area (Å²) in [7, 11) is 0. The quantitative estimate of drug-likeness (QED) is 0.786. The molecule has 1 aromatic carbocycles. The molecule has 0 atom stereocenters. The van der Waals surface area contributed by atoms with Crippen molar-refractivity contribution >= 4 is 15.9 Å². The van der Waals surface area contributed by atoms with E-state index in [-0.39, 0.29) is 6.61 Å². The smallest absolute Gasteiger partial charge is 0.0642 e. The van der Waals surface area contributed by atoms with Gasteiger partial charge in [0.25, 0.3) is 0 Å². The van der Waals surface area contributed by atoms with Crippen LogP contribution in [0, 0.1) is 0 Å². The van der Waals surface area contributed by atoms with Crippen LogP contribution in [0.25, 0.3) is 0 Å². The van der Waals surface area contributed by atoms with E-state index in [1.54, 1.807) is 0 Å². The third kappa shape index (κ3) is 2.80. The van der Waals surface area contributed by atoms with E-state index in [0.717, 1.165) is 16.5 Å². The minimum Gasteiger partial charge on any atom is -0.392 e. The lowest BCUT2D eigenvalue weighted by molar-refractivity contribution is 0.329. The van der Waals surface area contributed by atoms with Crippen LogP contribution in [0.3, 0.4) is 0 Å². The Balaban J connectivity index is 2.64. The number of hydrogen-bond donors (Lipinski definition) is 1. The van der Waals surface area contributed by atoms with E-state index < -0.39 is 0 Å². The number of aliphatic hydroxyl groups excluding tert-OH is 1. The van der Waals surface area contributed by atoms with Gasteiger partial charge in [-0.05, 0) is 29.7 Å². The Hall–Kier alpha value is -0.600. The molecule has 1 rings (SSSR count). The second kappa shape index (κ2) is 4.43. The lowest BCUT2D eigenvalue weighted by Gasteiger charge is -2.01. The zero-order valence-electron chi connectivity index (χ0n) is 6.76. The normalized spacial score (nSPS) is 9.83. The molecule has 0 fully saturated rings. The van der Waals surface area contributed by atoms with Crippen molar-refractivity contribution in [2.45, 2.75) is 6.42 Å². The van der Waals surface area contributed by atoms with Crippen LogP contribution >= 0.6 is 15.9 Å². The average Bonchev–Trinajstić information content (AvgIpc) is 2.09. The largest absolute Gasteiger partial charge is 0.392 e. The van der Waals surface area contributed by atoms with Crippen molar-refractivity contribution in [1.29, 1.82) is 0 Å². The first-order valence-electron chi connectivity index (χ1n) is 3.74. The lowest BCUT2D eigenvalue weighted by Crippen LogP contribution is -1.93. The molecule has 0 saturated heterocycles. The van der Waals surface area contributed by atoms with Crippen LogP contribution in [0.15, 0.2) is 40.9 Å². The van der Waals surface area contributed by atoms with Crippen molar-refractivity contribution in [3.63, 3.8) is 0 Å². The molecule has 1 aromatic rings. The first-order chi connectivity index (χ1) is 5.72. The summed E-state index contributed by atoms with van der Waals surface area (Å²) < 4.78 is 1.07. The highest BCUT2D eigenvalue weighted by Crippen LogP contribution is 2.12. The first-order valence-corrected chi connectivity index (χ1v) is 4.53. The van der Waals surface area contributed by atoms with Crippen molar-refractivity contribution in [3.05, 3.63) is 46.5 Å². The van der Waals surface area contributed by atoms with Crippen molar-refractivity contribution in [3.8, 4) is 0 Å². The van der Waals surface area contributed by atoms with Gasteiger partial charge in [0.15, 0.2) is 0 Å². The van der Waals surface area contributed by atoms with Gasteiger partial charge in [-0.25, -0.2) is 0 Å². The fourth-order valence-electron chi connectivity index (χ4n) is 0.947. The summed E-state index contributed by atoms with van der Waals surface area (Å²) >= 11 is 3.36. The topological polar surface area (TPSA) is 20.2 Å². The molecular weight excluding hydrogens is 216 g/mol. The molecule has 2 heteroatoms. The zero-order chi connectivity index (χ0) is 8.97. The molecule has 0 unspecified atom stereocenters. The molecule has 0 aromatic heterocycles. The maximum Gasteiger partial charge on any atom is 0.0642 e. The molecule has 64 valence electrons. The number of halogens is 1. The molecule has 0 heterocycles. The van der Waals surface area contributed by atoms with Gasteiger partial charge in [-0.15, -0.1) is 0 Å². The molecule has 0 saturated carbocycles. The van der Waals surface area contributed by atoms with E-state index in [9.17, 15) is 0 Å². The van der Waals surface area contributed by atoms with Crippen LogP contribution in [0.5, 0.6) is 0 Å². The van der Waals surface area contributed by atoms with E-state index in [0.29, 0.717) is 0 Å². The molecule has 1 nitrogen and oxygen atoms in total. The minimum atomic E-state index is 0.0655. The Morgan fingerprint density at radius 3 is 2.42 bits per heavy atom. The van der Waals surface area contributed by atoms with Gasteiger partial charge in [0.2, 0.25) is 0 Å². The van der Waals surface area contributed by atoms with Crippen molar-refractivity contribution in [1.82, 2.24) is 0 Å². The number of rotatable bonds is 3. The fraction of sp³-hybridized carbons (Fsp3) is 0.200. The third-order valence-electron chi connectivity index (χ3n) is 1.59. The fourth-order valence-corrected chi connectivity index (χ4v) is 1.21. The van der Waals surface area contributed by atoms with Gasteiger partial charge in [-0.1, -0.05) is 34.6 Å². The Labute approximate surface area is 80.9 Å². The summed E-state index contributed by atoms with van der Waals surface area (Å²) in [5.41, 5.74) is 2.02. The third-order valence-corrected chi connectivity index (χ3v) is 2.12. The Morgan fingerprint density at radius 2 is 1.92 bits per heavy atom. The van der Waals surface area contributed by atoms with Gasteiger partial charge in [0, 0.05) is 4.47 Å². The number of hydrogen-bond acceptors (Lipinski definition) is 1. The Bertz CT molecular complexity index is 264. The first kappa shape index (κ1) is 9.49. The van der Waals surface area contributed by atoms with E-state index in [1.165, 1.54) is 5.56 Å². The highest BCUT2D eigenvalue weighted by atomic mass is 79.9. The predicted molar refractivity (Wildman–Crippen MR) is 54.1 cm³/mol. The summed E-state index contributed by atoms with van der Waals surface area (Å²) in [4.78, 5) is 0. The van der Waals surface area contributed by atoms with E-state index in [1.807, 2.05) is 24.3 Å². The highest BCUT2D eigenvalue weighted by molar-refractivity contribution is 9.10. The number of benzene rings is 1. The van der Waals surface area contributed by atoms with Gasteiger partial charge in [-0.3, -0.25) is 0 Å². The molecule has 0 spiro atoms. The molecule has 1 N–H and O–H groups in total. The van der Waals surface area contributed by atoms with Gasteiger partial charge < -0.3 is 5.11 Å². The molecular formula is C10H11BrO. The second-order valence-corrected chi connectivity index (χ2v) is 3.63. The standard InChI is InChI=1S/C10H11BrO/c1-8(7-12)6-9-2-4-10(11)5-3-9/h2-5,12H,1,6-7H2. The van der Waals surface area contributed by atoms with Gasteiger partial charge in [-0.2, -0.15) is 0 Å². The van der Waals surface area contributed by atoms with Gasteiger partial charge >= 0.3 is 0 Å². The van der Waals surface area contributed by atoms with Crippen LogP contribution in [-0.4, -0.2) is 11.7 Å². The summed E-state index contributed by atoms with van der Waals surface area (Å²) in [5, 5.41) is 8.74. The molecule has 0 aliphatic rings. The maximum absolute atomic E-state index is 8.74. The van der Waals surface area contributed by atoms with Crippen LogP contribution in [0.2, 0.25) is 0 Å². The summed E-state index contributed by atoms with van der Waals surface area (Å²) in [6.45, 7) is 3.79. The summed E-state index contributed by atoms with van der Waals surface area (Å²) in [6.07, 6.45) is 0.754. The van der Waals surface area contributed by atoms with Crippen LogP contribution in [0.1, 0.15) is 5.56 Å². The van der Waals surface area contributed by atoms with Crippen LogP contribution < -0.4 is 0 Å². The predicted octanol–water partition coefficient (Wildman–Crippen LogP) is 2.54. The van der Waals surface area contributed by atoms with Crippen LogP contribution in [-0.2, 0) is 6.42 Å². The van der Waals surface area contributed by atoms with E-state index >= 15 is 0 Å². The van der Waals surface area contributed by atoms with Gasteiger partial charge in [0.05, 0.1) is 6.61 Å². The Morgan fingerprint density at radius 1 is 1.33 bits per heavy atom. The molecule has 0 aliphatic carbocycles. The summed E-state index contributed by atoms with van der Waals surface area (Å²) in [6, 6.07) is 8.01. The average molecular weight is 227 g/mol. The monoisotopic (exact) mass is 226 g/mol. The minimum absolute atomic E-state index is 0.0655. The molecule has 0 amide bonds. The van der Waals surface area contributed by atoms with E-state index in [4.69, 9.17) is 5.11 Å². The highest BCUT2D eigenvalue weighted by Gasteiger charge is 1.95. The van der Waals surface area contributed by atoms with Crippen molar-refractivity contribution in [2.75, 3.05) is 6.61 Å². The SMILES string of the molecule is C=C(CO)Cc1ccc(Br)cc1. The zero-order valence-corrected chi connectivity index (χ0v) is 8.34. The molecule has 0 radical (unpaired) electrons. The van der Waals surface area contributed by atoms with Crippen molar-refractivity contribution < 1.29 is 5.11 Å². The van der Waals surface area contributed by atoms with Gasteiger partial charge in [0.1, 0.15) is 0 Å². The maximum atomic E-state index is 8.74.